The average Bonchev–Trinajstić information content (AvgIpc) is 2.93. The van der Waals surface area contributed by atoms with E-state index in [1.807, 2.05) is 42.6 Å². The summed E-state index contributed by atoms with van der Waals surface area (Å²) < 4.78 is 13.0. The van der Waals surface area contributed by atoms with Crippen molar-refractivity contribution in [3.8, 4) is 11.5 Å². The van der Waals surface area contributed by atoms with Crippen molar-refractivity contribution in [2.45, 2.75) is 6.54 Å². The van der Waals surface area contributed by atoms with Gasteiger partial charge in [0.1, 0.15) is 18.1 Å². The SMILES string of the molecule is COc1ccc(OCCn2ccc3cccc(N)c32)cc1. The first-order chi connectivity index (χ1) is 10.3. The van der Waals surface area contributed by atoms with Crippen LogP contribution in [0.2, 0.25) is 0 Å². The molecule has 0 aliphatic carbocycles. The summed E-state index contributed by atoms with van der Waals surface area (Å²) >= 11 is 0. The second-order valence-electron chi connectivity index (χ2n) is 4.82. The zero-order valence-corrected chi connectivity index (χ0v) is 12.0. The molecule has 3 rings (SSSR count). The van der Waals surface area contributed by atoms with Gasteiger partial charge in [-0.3, -0.25) is 0 Å². The quantitative estimate of drug-likeness (QED) is 0.730. The molecule has 0 aliphatic rings. The van der Waals surface area contributed by atoms with Gasteiger partial charge in [-0.1, -0.05) is 12.1 Å². The highest BCUT2D eigenvalue weighted by Crippen LogP contribution is 2.22. The third-order valence-electron chi connectivity index (χ3n) is 3.48. The fourth-order valence-electron chi connectivity index (χ4n) is 2.41. The Kier molecular flexibility index (Phi) is 3.69. The van der Waals surface area contributed by atoms with Gasteiger partial charge in [0.05, 0.1) is 24.9 Å². The second-order valence-corrected chi connectivity index (χ2v) is 4.82. The molecule has 1 aromatic heterocycles. The largest absolute Gasteiger partial charge is 0.497 e. The number of para-hydroxylation sites is 1. The molecule has 0 unspecified atom stereocenters. The number of aromatic nitrogens is 1. The Morgan fingerprint density at radius 1 is 1.00 bits per heavy atom. The fourth-order valence-corrected chi connectivity index (χ4v) is 2.41. The highest BCUT2D eigenvalue weighted by molar-refractivity contribution is 5.90. The topological polar surface area (TPSA) is 49.4 Å². The van der Waals surface area contributed by atoms with Gasteiger partial charge in [0.15, 0.2) is 0 Å². The first kappa shape index (κ1) is 13.4. The van der Waals surface area contributed by atoms with Crippen LogP contribution in [0.3, 0.4) is 0 Å². The molecular formula is C17H18N2O2. The lowest BCUT2D eigenvalue weighted by Gasteiger charge is -2.10. The minimum Gasteiger partial charge on any atom is -0.497 e. The Hall–Kier alpha value is -2.62. The first-order valence-corrected chi connectivity index (χ1v) is 6.88. The monoisotopic (exact) mass is 282 g/mol. The number of benzene rings is 2. The molecule has 0 amide bonds. The number of ether oxygens (including phenoxy) is 2. The second kappa shape index (κ2) is 5.79. The predicted molar refractivity (Wildman–Crippen MR) is 84.8 cm³/mol. The molecule has 0 saturated carbocycles. The Balaban J connectivity index is 1.66. The maximum Gasteiger partial charge on any atom is 0.119 e. The summed E-state index contributed by atoms with van der Waals surface area (Å²) in [5.74, 6) is 1.66. The van der Waals surface area contributed by atoms with Crippen LogP contribution in [0.4, 0.5) is 5.69 Å². The molecule has 3 aromatic rings. The van der Waals surface area contributed by atoms with Crippen LogP contribution in [-0.4, -0.2) is 18.3 Å². The number of nitrogens with zero attached hydrogens (tertiary/aromatic N) is 1. The van der Waals surface area contributed by atoms with Crippen molar-refractivity contribution in [1.29, 1.82) is 0 Å². The molecule has 0 radical (unpaired) electrons. The number of hydrogen-bond acceptors (Lipinski definition) is 3. The van der Waals surface area contributed by atoms with E-state index in [1.165, 1.54) is 0 Å². The number of fused-ring (bicyclic) bond motifs is 1. The highest BCUT2D eigenvalue weighted by atomic mass is 16.5. The molecule has 4 heteroatoms. The van der Waals surface area contributed by atoms with Gasteiger partial charge >= 0.3 is 0 Å². The Morgan fingerprint density at radius 2 is 1.76 bits per heavy atom. The summed E-state index contributed by atoms with van der Waals surface area (Å²) in [7, 11) is 1.65. The number of nitrogens with two attached hydrogens (primary N) is 1. The minimum absolute atomic E-state index is 0.588. The summed E-state index contributed by atoms with van der Waals surface area (Å²) in [4.78, 5) is 0. The van der Waals surface area contributed by atoms with Gasteiger partial charge in [0.25, 0.3) is 0 Å². The molecule has 0 spiro atoms. The molecule has 21 heavy (non-hydrogen) atoms. The molecule has 108 valence electrons. The van der Waals surface area contributed by atoms with E-state index in [4.69, 9.17) is 15.2 Å². The fraction of sp³-hybridized carbons (Fsp3) is 0.176. The first-order valence-electron chi connectivity index (χ1n) is 6.88. The van der Waals surface area contributed by atoms with Crippen molar-refractivity contribution in [3.63, 3.8) is 0 Å². The van der Waals surface area contributed by atoms with Gasteiger partial charge in [-0.05, 0) is 36.4 Å². The lowest BCUT2D eigenvalue weighted by atomic mass is 10.2. The van der Waals surface area contributed by atoms with E-state index in [1.54, 1.807) is 7.11 Å². The maximum atomic E-state index is 6.04. The van der Waals surface area contributed by atoms with Gasteiger partial charge in [0.2, 0.25) is 0 Å². The van der Waals surface area contributed by atoms with Gasteiger partial charge in [-0.2, -0.15) is 0 Å². The van der Waals surface area contributed by atoms with Gasteiger partial charge < -0.3 is 19.8 Å². The standard InChI is InChI=1S/C17H18N2O2/c1-20-14-5-7-15(8-6-14)21-12-11-19-10-9-13-3-2-4-16(18)17(13)19/h2-10H,11-12,18H2,1H3. The van der Waals surface area contributed by atoms with Crippen molar-refractivity contribution in [2.24, 2.45) is 0 Å². The lowest BCUT2D eigenvalue weighted by Crippen LogP contribution is -2.08. The molecule has 2 aromatic carbocycles. The molecular weight excluding hydrogens is 264 g/mol. The average molecular weight is 282 g/mol. The summed E-state index contributed by atoms with van der Waals surface area (Å²) in [5.41, 5.74) is 7.90. The lowest BCUT2D eigenvalue weighted by molar-refractivity contribution is 0.300. The van der Waals surface area contributed by atoms with Crippen LogP contribution < -0.4 is 15.2 Å². The number of hydrogen-bond donors (Lipinski definition) is 1. The van der Waals surface area contributed by atoms with E-state index in [2.05, 4.69) is 16.7 Å². The zero-order chi connectivity index (χ0) is 14.7. The Labute approximate surface area is 123 Å². The van der Waals surface area contributed by atoms with Gasteiger partial charge in [-0.25, -0.2) is 0 Å². The third kappa shape index (κ3) is 2.79. The Bertz CT molecular complexity index is 732. The molecule has 2 N–H and O–H groups in total. The summed E-state index contributed by atoms with van der Waals surface area (Å²) in [6.07, 6.45) is 2.04. The van der Waals surface area contributed by atoms with Crippen LogP contribution in [-0.2, 0) is 6.54 Å². The van der Waals surface area contributed by atoms with Crippen LogP contribution in [0, 0.1) is 0 Å². The van der Waals surface area contributed by atoms with Gasteiger partial charge in [0, 0.05) is 11.6 Å². The minimum atomic E-state index is 0.588. The van der Waals surface area contributed by atoms with Crippen molar-refractivity contribution >= 4 is 16.6 Å². The number of nitrogen functional groups attached to an aromatic ring is 1. The van der Waals surface area contributed by atoms with Crippen LogP contribution >= 0.6 is 0 Å². The van der Waals surface area contributed by atoms with E-state index >= 15 is 0 Å². The highest BCUT2D eigenvalue weighted by Gasteiger charge is 2.04. The van der Waals surface area contributed by atoms with E-state index in [0.717, 1.165) is 34.6 Å². The van der Waals surface area contributed by atoms with Gasteiger partial charge in [-0.15, -0.1) is 0 Å². The van der Waals surface area contributed by atoms with Crippen molar-refractivity contribution in [2.75, 3.05) is 19.5 Å². The summed E-state index contributed by atoms with van der Waals surface area (Å²) in [6, 6.07) is 15.6. The molecule has 1 heterocycles. The summed E-state index contributed by atoms with van der Waals surface area (Å²) in [5, 5.41) is 1.15. The van der Waals surface area contributed by atoms with Crippen LogP contribution in [0.1, 0.15) is 0 Å². The number of rotatable bonds is 5. The maximum absolute atomic E-state index is 6.04. The summed E-state index contributed by atoms with van der Waals surface area (Å²) in [6.45, 7) is 1.34. The van der Waals surface area contributed by atoms with Crippen molar-refractivity contribution in [1.82, 2.24) is 4.57 Å². The zero-order valence-electron chi connectivity index (χ0n) is 12.0. The smallest absolute Gasteiger partial charge is 0.119 e. The van der Waals surface area contributed by atoms with Crippen molar-refractivity contribution in [3.05, 3.63) is 54.7 Å². The predicted octanol–water partition coefficient (Wildman–Crippen LogP) is 3.31. The van der Waals surface area contributed by atoms with Crippen LogP contribution in [0.15, 0.2) is 54.7 Å². The Morgan fingerprint density at radius 3 is 2.52 bits per heavy atom. The van der Waals surface area contributed by atoms with E-state index < -0.39 is 0 Å². The molecule has 4 nitrogen and oxygen atoms in total. The normalized spacial score (nSPS) is 10.7. The van der Waals surface area contributed by atoms with E-state index in [9.17, 15) is 0 Å². The van der Waals surface area contributed by atoms with E-state index in [-0.39, 0.29) is 0 Å². The molecule has 0 saturated heterocycles. The molecule has 0 bridgehead atoms. The number of methoxy groups -OCH3 is 1. The van der Waals surface area contributed by atoms with E-state index in [0.29, 0.717) is 6.61 Å². The van der Waals surface area contributed by atoms with Crippen molar-refractivity contribution < 1.29 is 9.47 Å². The van der Waals surface area contributed by atoms with Crippen LogP contribution in [0.5, 0.6) is 11.5 Å². The molecule has 0 fully saturated rings. The van der Waals surface area contributed by atoms with Crippen LogP contribution in [0.25, 0.3) is 10.9 Å². The molecule has 0 aliphatic heterocycles. The molecule has 0 atom stereocenters. The third-order valence-corrected chi connectivity index (χ3v) is 3.48. The number of anilines is 1.